The van der Waals surface area contributed by atoms with Gasteiger partial charge in [0.1, 0.15) is 17.2 Å². The molecule has 0 bridgehead atoms. The highest BCUT2D eigenvalue weighted by molar-refractivity contribution is 5.81. The molecule has 1 amide bonds. The number of carbonyl (C=O) groups excluding carboxylic acids is 1. The predicted octanol–water partition coefficient (Wildman–Crippen LogP) is 4.05. The first kappa shape index (κ1) is 19.6. The van der Waals surface area contributed by atoms with E-state index in [1.807, 2.05) is 44.2 Å². The molecule has 0 aliphatic heterocycles. The second-order valence-corrected chi connectivity index (χ2v) is 6.14. The molecule has 5 heteroatoms. The van der Waals surface area contributed by atoms with Crippen LogP contribution in [0.1, 0.15) is 37.4 Å². The van der Waals surface area contributed by atoms with Crippen molar-refractivity contribution in [1.29, 1.82) is 0 Å². The molecule has 2 atom stereocenters. The van der Waals surface area contributed by atoms with Crippen LogP contribution in [0.5, 0.6) is 17.2 Å². The highest BCUT2D eigenvalue weighted by Crippen LogP contribution is 2.25. The normalized spacial score (nSPS) is 12.8. The minimum Gasteiger partial charge on any atom is -0.497 e. The van der Waals surface area contributed by atoms with Crippen LogP contribution in [0.3, 0.4) is 0 Å². The summed E-state index contributed by atoms with van der Waals surface area (Å²) in [7, 11) is 3.25. The molecule has 2 aromatic carbocycles. The van der Waals surface area contributed by atoms with Crippen molar-refractivity contribution < 1.29 is 19.0 Å². The molecule has 0 saturated carbocycles. The van der Waals surface area contributed by atoms with Gasteiger partial charge in [-0.15, -0.1) is 0 Å². The molecule has 1 N–H and O–H groups in total. The van der Waals surface area contributed by atoms with Gasteiger partial charge >= 0.3 is 0 Å². The summed E-state index contributed by atoms with van der Waals surface area (Å²) in [6.07, 6.45) is 0.166. The molecular formula is C21H27NO4. The lowest BCUT2D eigenvalue weighted by molar-refractivity contribution is -0.128. The Bertz CT molecular complexity index is 745. The molecule has 5 nitrogen and oxygen atoms in total. The van der Waals surface area contributed by atoms with Gasteiger partial charge in [-0.1, -0.05) is 25.1 Å². The molecule has 0 saturated heterocycles. The Morgan fingerprint density at radius 3 is 2.42 bits per heavy atom. The van der Waals surface area contributed by atoms with Crippen molar-refractivity contribution in [3.8, 4) is 17.2 Å². The summed E-state index contributed by atoms with van der Waals surface area (Å²) in [6.45, 7) is 5.77. The van der Waals surface area contributed by atoms with Crippen molar-refractivity contribution >= 4 is 5.91 Å². The van der Waals surface area contributed by atoms with Gasteiger partial charge in [0.15, 0.2) is 6.10 Å². The van der Waals surface area contributed by atoms with E-state index in [4.69, 9.17) is 14.2 Å². The van der Waals surface area contributed by atoms with Gasteiger partial charge < -0.3 is 19.5 Å². The zero-order valence-corrected chi connectivity index (χ0v) is 16.0. The first-order chi connectivity index (χ1) is 12.5. The van der Waals surface area contributed by atoms with Crippen LogP contribution in [0.15, 0.2) is 42.5 Å². The number of rotatable bonds is 8. The largest absolute Gasteiger partial charge is 0.497 e. The fourth-order valence-corrected chi connectivity index (χ4v) is 2.76. The maximum atomic E-state index is 12.6. The maximum absolute atomic E-state index is 12.6. The van der Waals surface area contributed by atoms with Gasteiger partial charge in [0.2, 0.25) is 0 Å². The van der Waals surface area contributed by atoms with Crippen molar-refractivity contribution in [2.75, 3.05) is 14.2 Å². The number of aryl methyl sites for hydroxylation is 1. The van der Waals surface area contributed by atoms with E-state index in [0.29, 0.717) is 11.5 Å². The van der Waals surface area contributed by atoms with Crippen LogP contribution < -0.4 is 19.5 Å². The quantitative estimate of drug-likeness (QED) is 0.774. The Hall–Kier alpha value is -2.69. The van der Waals surface area contributed by atoms with Crippen molar-refractivity contribution in [2.45, 2.75) is 39.3 Å². The van der Waals surface area contributed by atoms with E-state index >= 15 is 0 Å². The second kappa shape index (κ2) is 9.13. The summed E-state index contributed by atoms with van der Waals surface area (Å²) in [4.78, 5) is 12.6. The van der Waals surface area contributed by atoms with E-state index < -0.39 is 6.10 Å². The molecule has 2 aromatic rings. The van der Waals surface area contributed by atoms with Crippen molar-refractivity contribution in [3.05, 3.63) is 53.6 Å². The Morgan fingerprint density at radius 2 is 1.81 bits per heavy atom. The number of amides is 1. The Kier molecular flexibility index (Phi) is 6.89. The second-order valence-electron chi connectivity index (χ2n) is 6.14. The van der Waals surface area contributed by atoms with Crippen LogP contribution in [-0.4, -0.2) is 26.2 Å². The third-order valence-corrected chi connectivity index (χ3v) is 4.27. The van der Waals surface area contributed by atoms with Crippen LogP contribution in [-0.2, 0) is 4.79 Å². The van der Waals surface area contributed by atoms with Gasteiger partial charge in [0, 0.05) is 6.07 Å². The monoisotopic (exact) mass is 357 g/mol. The summed E-state index contributed by atoms with van der Waals surface area (Å²) in [5.41, 5.74) is 2.09. The van der Waals surface area contributed by atoms with E-state index in [9.17, 15) is 4.79 Å². The average Bonchev–Trinajstić information content (AvgIpc) is 2.65. The summed E-state index contributed by atoms with van der Waals surface area (Å²) in [5, 5.41) is 3.06. The lowest BCUT2D eigenvalue weighted by Crippen LogP contribution is -2.38. The molecule has 0 radical (unpaired) electrons. The minimum absolute atomic E-state index is 0.0801. The van der Waals surface area contributed by atoms with Crippen LogP contribution in [0.2, 0.25) is 0 Å². The van der Waals surface area contributed by atoms with Gasteiger partial charge in [-0.3, -0.25) is 4.79 Å². The zero-order chi connectivity index (χ0) is 19.1. The van der Waals surface area contributed by atoms with Crippen molar-refractivity contribution in [1.82, 2.24) is 5.32 Å². The number of hydrogen-bond donors (Lipinski definition) is 1. The lowest BCUT2D eigenvalue weighted by Gasteiger charge is -2.22. The number of hydrogen-bond acceptors (Lipinski definition) is 4. The highest BCUT2D eigenvalue weighted by Gasteiger charge is 2.20. The molecule has 0 fully saturated rings. The van der Waals surface area contributed by atoms with Gasteiger partial charge in [-0.25, -0.2) is 0 Å². The van der Waals surface area contributed by atoms with Gasteiger partial charge in [-0.05, 0) is 49.6 Å². The molecule has 2 rings (SSSR count). The third-order valence-electron chi connectivity index (χ3n) is 4.27. The van der Waals surface area contributed by atoms with Crippen LogP contribution in [0.25, 0.3) is 0 Å². The molecule has 140 valence electrons. The average molecular weight is 357 g/mol. The summed E-state index contributed by atoms with van der Waals surface area (Å²) >= 11 is 0. The molecule has 26 heavy (non-hydrogen) atoms. The number of benzene rings is 2. The van der Waals surface area contributed by atoms with Crippen LogP contribution >= 0.6 is 0 Å². The standard InChI is InChI=1S/C21H27NO4/c1-6-19(16-10-11-20(25-5)14(2)12-16)22-21(23)15(3)26-18-9-7-8-17(13-18)24-4/h7-13,15,19H,6H2,1-5H3,(H,22,23)/t15-,19+/m0/s1. The highest BCUT2D eigenvalue weighted by atomic mass is 16.5. The van der Waals surface area contributed by atoms with Crippen LogP contribution in [0, 0.1) is 6.92 Å². The Morgan fingerprint density at radius 1 is 1.08 bits per heavy atom. The van der Waals surface area contributed by atoms with E-state index in [-0.39, 0.29) is 11.9 Å². The number of ether oxygens (including phenoxy) is 3. The molecule has 0 aliphatic rings. The lowest BCUT2D eigenvalue weighted by atomic mass is 10.0. The first-order valence-corrected chi connectivity index (χ1v) is 8.74. The topological polar surface area (TPSA) is 56.8 Å². The summed E-state index contributed by atoms with van der Waals surface area (Å²) in [5.74, 6) is 1.97. The summed E-state index contributed by atoms with van der Waals surface area (Å²) < 4.78 is 16.2. The first-order valence-electron chi connectivity index (χ1n) is 8.74. The van der Waals surface area contributed by atoms with Gasteiger partial charge in [-0.2, -0.15) is 0 Å². The minimum atomic E-state index is -0.615. The number of nitrogens with one attached hydrogen (secondary N) is 1. The van der Waals surface area contributed by atoms with Gasteiger partial charge in [0.05, 0.1) is 20.3 Å². The molecular weight excluding hydrogens is 330 g/mol. The molecule has 0 unspecified atom stereocenters. The fraction of sp³-hybridized carbons (Fsp3) is 0.381. The molecule has 0 spiro atoms. The SMILES string of the molecule is CC[C@@H](NC(=O)[C@H](C)Oc1cccc(OC)c1)c1ccc(OC)c(C)c1. The smallest absolute Gasteiger partial charge is 0.261 e. The zero-order valence-electron chi connectivity index (χ0n) is 16.0. The molecule has 0 aliphatic carbocycles. The Labute approximate surface area is 155 Å². The maximum Gasteiger partial charge on any atom is 0.261 e. The van der Waals surface area contributed by atoms with E-state index in [1.165, 1.54) is 0 Å². The number of methoxy groups -OCH3 is 2. The Balaban J connectivity index is 2.04. The van der Waals surface area contributed by atoms with Crippen molar-refractivity contribution in [2.24, 2.45) is 0 Å². The van der Waals surface area contributed by atoms with Gasteiger partial charge in [0.25, 0.3) is 5.91 Å². The van der Waals surface area contributed by atoms with E-state index in [1.54, 1.807) is 33.3 Å². The fourth-order valence-electron chi connectivity index (χ4n) is 2.76. The van der Waals surface area contributed by atoms with E-state index in [2.05, 4.69) is 5.32 Å². The van der Waals surface area contributed by atoms with E-state index in [0.717, 1.165) is 23.3 Å². The predicted molar refractivity (Wildman–Crippen MR) is 102 cm³/mol. The molecule has 0 aromatic heterocycles. The molecule has 0 heterocycles. The third kappa shape index (κ3) is 4.91. The summed E-state index contributed by atoms with van der Waals surface area (Å²) in [6, 6.07) is 13.1. The van der Waals surface area contributed by atoms with Crippen molar-refractivity contribution in [3.63, 3.8) is 0 Å². The van der Waals surface area contributed by atoms with Crippen LogP contribution in [0.4, 0.5) is 0 Å². The number of carbonyl (C=O) groups is 1.